The Bertz CT molecular complexity index is 483. The maximum atomic E-state index is 11.9. The van der Waals surface area contributed by atoms with Gasteiger partial charge in [-0.05, 0) is 43.5 Å². The van der Waals surface area contributed by atoms with Crippen LogP contribution in [0.15, 0.2) is 42.6 Å². The van der Waals surface area contributed by atoms with E-state index < -0.39 is 11.6 Å². The van der Waals surface area contributed by atoms with Crippen molar-refractivity contribution in [3.8, 4) is 0 Å². The molecular formula is C15H16F2N2. The van der Waals surface area contributed by atoms with Crippen molar-refractivity contribution in [2.24, 2.45) is 0 Å². The van der Waals surface area contributed by atoms with Crippen LogP contribution in [0.4, 0.5) is 14.5 Å². The van der Waals surface area contributed by atoms with Crippen molar-refractivity contribution >= 4 is 5.69 Å². The summed E-state index contributed by atoms with van der Waals surface area (Å²) in [6.07, 6.45) is 5.52. The summed E-state index contributed by atoms with van der Waals surface area (Å²) in [6.45, 7) is 1.10. The van der Waals surface area contributed by atoms with Gasteiger partial charge in [-0.2, -0.15) is 0 Å². The maximum absolute atomic E-state index is 11.9. The molecule has 0 radical (unpaired) electrons. The quantitative estimate of drug-likeness (QED) is 0.781. The molecule has 0 saturated carbocycles. The van der Waals surface area contributed by atoms with Crippen molar-refractivity contribution in [2.75, 3.05) is 11.9 Å². The zero-order valence-electron chi connectivity index (χ0n) is 10.6. The zero-order valence-corrected chi connectivity index (χ0v) is 10.6. The third kappa shape index (κ3) is 4.02. The molecule has 0 unspecified atom stereocenters. The molecule has 1 aliphatic heterocycles. The number of rotatable bonds is 0. The van der Waals surface area contributed by atoms with Crippen LogP contribution < -0.4 is 5.32 Å². The number of halogens is 2. The van der Waals surface area contributed by atoms with Gasteiger partial charge in [0.1, 0.15) is 0 Å². The average Bonchev–Trinajstić information content (AvgIpc) is 2.68. The fraction of sp³-hybridized carbons (Fsp3) is 0.267. The van der Waals surface area contributed by atoms with Crippen LogP contribution in [-0.2, 0) is 6.42 Å². The molecule has 2 heterocycles. The first-order valence-electron chi connectivity index (χ1n) is 6.35. The van der Waals surface area contributed by atoms with E-state index in [9.17, 15) is 8.78 Å². The molecule has 1 aliphatic rings. The van der Waals surface area contributed by atoms with Gasteiger partial charge in [-0.1, -0.05) is 12.1 Å². The maximum Gasteiger partial charge on any atom is 0.158 e. The molecule has 100 valence electrons. The number of hydrogen-bond donors (Lipinski definition) is 1. The first-order chi connectivity index (χ1) is 9.27. The Kier molecular flexibility index (Phi) is 4.84. The number of aromatic nitrogens is 1. The minimum absolute atomic E-state index is 0.799. The molecule has 1 N–H and O–H groups in total. The van der Waals surface area contributed by atoms with Gasteiger partial charge in [0.15, 0.2) is 11.6 Å². The number of nitrogens with one attached hydrogen (secondary N) is 1. The second-order valence-corrected chi connectivity index (χ2v) is 4.30. The van der Waals surface area contributed by atoms with Crippen LogP contribution in [0.25, 0.3) is 0 Å². The standard InChI is InChI=1S/C9H12N2.C6H4F2/c1-2-6-10-9-5-3-7-11-8(9)4-1;7-5-3-1-2-4-6(5)8/h3,5,7,10H,1-2,4,6H2;1-4H. The highest BCUT2D eigenvalue weighted by molar-refractivity contribution is 5.47. The molecule has 1 aromatic heterocycles. The summed E-state index contributed by atoms with van der Waals surface area (Å²) in [6, 6.07) is 9.13. The van der Waals surface area contributed by atoms with Crippen molar-refractivity contribution in [2.45, 2.75) is 19.3 Å². The SMILES string of the molecule is Fc1ccccc1F.c1cnc2c(c1)NCCCC2. The average molecular weight is 262 g/mol. The van der Waals surface area contributed by atoms with Crippen molar-refractivity contribution in [3.63, 3.8) is 0 Å². The molecule has 2 aromatic rings. The second-order valence-electron chi connectivity index (χ2n) is 4.30. The van der Waals surface area contributed by atoms with Crippen LogP contribution in [0.1, 0.15) is 18.5 Å². The predicted molar refractivity (Wildman–Crippen MR) is 72.0 cm³/mol. The Morgan fingerprint density at radius 1 is 0.947 bits per heavy atom. The number of aryl methyl sites for hydroxylation is 1. The van der Waals surface area contributed by atoms with Crippen LogP contribution >= 0.6 is 0 Å². The molecule has 2 nitrogen and oxygen atoms in total. The number of anilines is 1. The van der Waals surface area contributed by atoms with Gasteiger partial charge in [-0.3, -0.25) is 4.98 Å². The molecule has 0 fully saturated rings. The summed E-state index contributed by atoms with van der Waals surface area (Å²) < 4.78 is 23.9. The van der Waals surface area contributed by atoms with Crippen LogP contribution in [-0.4, -0.2) is 11.5 Å². The molecule has 0 atom stereocenters. The highest BCUT2D eigenvalue weighted by Gasteiger charge is 2.05. The Balaban J connectivity index is 0.000000148. The fourth-order valence-electron chi connectivity index (χ4n) is 1.88. The third-order valence-corrected chi connectivity index (χ3v) is 2.87. The van der Waals surface area contributed by atoms with Crippen LogP contribution in [0.5, 0.6) is 0 Å². The fourth-order valence-corrected chi connectivity index (χ4v) is 1.88. The number of nitrogens with zero attached hydrogens (tertiary/aromatic N) is 1. The van der Waals surface area contributed by atoms with E-state index in [4.69, 9.17) is 0 Å². The minimum Gasteiger partial charge on any atom is -0.384 e. The van der Waals surface area contributed by atoms with Crippen LogP contribution in [0, 0.1) is 11.6 Å². The lowest BCUT2D eigenvalue weighted by Crippen LogP contribution is -1.99. The van der Waals surface area contributed by atoms with E-state index in [0.717, 1.165) is 25.1 Å². The Morgan fingerprint density at radius 3 is 2.37 bits per heavy atom. The number of fused-ring (bicyclic) bond motifs is 1. The van der Waals surface area contributed by atoms with Gasteiger partial charge in [-0.15, -0.1) is 0 Å². The number of pyridine rings is 1. The van der Waals surface area contributed by atoms with Crippen molar-refractivity contribution in [1.29, 1.82) is 0 Å². The number of hydrogen-bond acceptors (Lipinski definition) is 2. The lowest BCUT2D eigenvalue weighted by atomic mass is 10.2. The molecule has 0 saturated heterocycles. The van der Waals surface area contributed by atoms with E-state index in [2.05, 4.69) is 16.4 Å². The summed E-state index contributed by atoms with van der Waals surface area (Å²) in [5.41, 5.74) is 2.45. The molecule has 0 bridgehead atoms. The normalized spacial score (nSPS) is 13.4. The second kappa shape index (κ2) is 6.83. The summed E-state index contributed by atoms with van der Waals surface area (Å²) in [4.78, 5) is 4.32. The lowest BCUT2D eigenvalue weighted by Gasteiger charge is -2.03. The van der Waals surface area contributed by atoms with E-state index >= 15 is 0 Å². The first kappa shape index (κ1) is 13.5. The summed E-state index contributed by atoms with van der Waals surface area (Å²) in [5, 5.41) is 3.36. The van der Waals surface area contributed by atoms with Gasteiger partial charge in [0.2, 0.25) is 0 Å². The van der Waals surface area contributed by atoms with Crippen LogP contribution in [0.2, 0.25) is 0 Å². The molecule has 0 aliphatic carbocycles. The van der Waals surface area contributed by atoms with Gasteiger partial charge in [-0.25, -0.2) is 8.78 Å². The Morgan fingerprint density at radius 2 is 1.68 bits per heavy atom. The van der Waals surface area contributed by atoms with E-state index in [-0.39, 0.29) is 0 Å². The third-order valence-electron chi connectivity index (χ3n) is 2.87. The van der Waals surface area contributed by atoms with Crippen molar-refractivity contribution < 1.29 is 8.78 Å². The minimum atomic E-state index is -0.799. The van der Waals surface area contributed by atoms with E-state index in [1.165, 1.54) is 36.4 Å². The largest absolute Gasteiger partial charge is 0.384 e. The first-order valence-corrected chi connectivity index (χ1v) is 6.35. The van der Waals surface area contributed by atoms with Gasteiger partial charge in [0.25, 0.3) is 0 Å². The van der Waals surface area contributed by atoms with Gasteiger partial charge in [0, 0.05) is 12.7 Å². The molecule has 0 spiro atoms. The highest BCUT2D eigenvalue weighted by Crippen LogP contribution is 2.17. The smallest absolute Gasteiger partial charge is 0.158 e. The van der Waals surface area contributed by atoms with Crippen molar-refractivity contribution in [3.05, 3.63) is 59.9 Å². The predicted octanol–water partition coefficient (Wildman–Crippen LogP) is 3.79. The Hall–Kier alpha value is -1.97. The van der Waals surface area contributed by atoms with Crippen molar-refractivity contribution in [1.82, 2.24) is 4.98 Å². The van der Waals surface area contributed by atoms with Gasteiger partial charge >= 0.3 is 0 Å². The molecule has 1 aromatic carbocycles. The lowest BCUT2D eigenvalue weighted by molar-refractivity contribution is 0.508. The number of benzene rings is 1. The molecular weight excluding hydrogens is 246 g/mol. The molecule has 0 amide bonds. The Labute approximate surface area is 111 Å². The topological polar surface area (TPSA) is 24.9 Å². The van der Waals surface area contributed by atoms with E-state index in [1.54, 1.807) is 0 Å². The van der Waals surface area contributed by atoms with E-state index in [1.807, 2.05) is 12.3 Å². The van der Waals surface area contributed by atoms with Crippen LogP contribution in [0.3, 0.4) is 0 Å². The zero-order chi connectivity index (χ0) is 13.5. The summed E-state index contributed by atoms with van der Waals surface area (Å²) >= 11 is 0. The van der Waals surface area contributed by atoms with Gasteiger partial charge < -0.3 is 5.32 Å². The molecule has 19 heavy (non-hydrogen) atoms. The summed E-state index contributed by atoms with van der Waals surface area (Å²) in [5.74, 6) is -1.60. The summed E-state index contributed by atoms with van der Waals surface area (Å²) in [7, 11) is 0. The van der Waals surface area contributed by atoms with E-state index in [0.29, 0.717) is 0 Å². The molecule has 3 rings (SSSR count). The van der Waals surface area contributed by atoms with Gasteiger partial charge in [0.05, 0.1) is 11.4 Å². The molecule has 4 heteroatoms. The highest BCUT2D eigenvalue weighted by atomic mass is 19.2. The monoisotopic (exact) mass is 262 g/mol.